The average molecular weight is 316 g/mol. The van der Waals surface area contributed by atoms with Gasteiger partial charge in [-0.05, 0) is 80.8 Å². The maximum absolute atomic E-state index is 11.4. The van der Waals surface area contributed by atoms with Crippen LogP contribution in [0.3, 0.4) is 0 Å². The van der Waals surface area contributed by atoms with Crippen molar-refractivity contribution in [3.63, 3.8) is 0 Å². The Morgan fingerprint density at radius 3 is 2.09 bits per heavy atom. The largest absolute Gasteiger partial charge is 0.478 e. The third kappa shape index (κ3) is 3.77. The Morgan fingerprint density at radius 1 is 0.957 bits per heavy atom. The van der Waals surface area contributed by atoms with Crippen molar-refractivity contribution in [1.82, 2.24) is 0 Å². The highest BCUT2D eigenvalue weighted by molar-refractivity contribution is 5.89. The number of benzene rings is 1. The number of methoxy groups -OCH3 is 1. The van der Waals surface area contributed by atoms with Crippen molar-refractivity contribution in [2.45, 2.75) is 63.4 Å². The summed E-state index contributed by atoms with van der Waals surface area (Å²) in [7, 11) is 1.83. The molecule has 0 aromatic heterocycles. The van der Waals surface area contributed by atoms with Gasteiger partial charge in [0, 0.05) is 7.11 Å². The van der Waals surface area contributed by atoms with Crippen molar-refractivity contribution in [3.05, 3.63) is 35.4 Å². The fourth-order valence-electron chi connectivity index (χ4n) is 4.75. The first-order valence-corrected chi connectivity index (χ1v) is 9.04. The molecule has 2 aliphatic carbocycles. The van der Waals surface area contributed by atoms with Gasteiger partial charge < -0.3 is 9.84 Å². The number of carbonyl (C=O) groups is 1. The lowest BCUT2D eigenvalue weighted by Crippen LogP contribution is -2.28. The number of ether oxygens (including phenoxy) is 1. The molecule has 1 aromatic carbocycles. The van der Waals surface area contributed by atoms with Crippen LogP contribution >= 0.6 is 0 Å². The molecule has 0 amide bonds. The summed E-state index contributed by atoms with van der Waals surface area (Å²) in [6, 6.07) is 7.56. The lowest BCUT2D eigenvalue weighted by atomic mass is 9.69. The second kappa shape index (κ2) is 7.48. The summed E-state index contributed by atoms with van der Waals surface area (Å²) >= 11 is 0. The number of aromatic carboxylic acids is 1. The Balaban J connectivity index is 1.58. The summed E-state index contributed by atoms with van der Waals surface area (Å²) in [5.41, 5.74) is 1.54. The van der Waals surface area contributed by atoms with Crippen LogP contribution < -0.4 is 0 Å². The highest BCUT2D eigenvalue weighted by Crippen LogP contribution is 2.43. The topological polar surface area (TPSA) is 46.5 Å². The first-order valence-electron chi connectivity index (χ1n) is 9.04. The molecule has 2 saturated carbocycles. The van der Waals surface area contributed by atoms with Crippen molar-refractivity contribution in [3.8, 4) is 0 Å². The van der Waals surface area contributed by atoms with Gasteiger partial charge in [-0.2, -0.15) is 0 Å². The van der Waals surface area contributed by atoms with Gasteiger partial charge in [0.25, 0.3) is 0 Å². The first-order chi connectivity index (χ1) is 11.2. The lowest BCUT2D eigenvalue weighted by molar-refractivity contribution is 0.0410. The minimum absolute atomic E-state index is 0.425. The molecule has 3 rings (SSSR count). The molecule has 0 radical (unpaired) electrons. The van der Waals surface area contributed by atoms with Crippen LogP contribution in [0.5, 0.6) is 0 Å². The maximum atomic E-state index is 11.4. The minimum atomic E-state index is -0.791. The molecular weight excluding hydrogens is 288 g/mol. The van der Waals surface area contributed by atoms with E-state index in [1.54, 1.807) is 6.07 Å². The lowest BCUT2D eigenvalue weighted by Gasteiger charge is -2.37. The molecule has 3 heteroatoms. The molecule has 0 heterocycles. The van der Waals surface area contributed by atoms with E-state index in [1.165, 1.54) is 38.5 Å². The van der Waals surface area contributed by atoms with Gasteiger partial charge in [0.2, 0.25) is 0 Å². The predicted molar refractivity (Wildman–Crippen MR) is 90.9 cm³/mol. The van der Waals surface area contributed by atoms with Crippen molar-refractivity contribution in [2.24, 2.45) is 11.8 Å². The standard InChI is InChI=1S/C20H28O3/c1-23-17-12-10-15(11-13-17)14-6-8-16(9-7-14)18-4-2-3-5-19(18)20(21)22/h2-5,14-17H,6-13H2,1H3,(H,21,22). The van der Waals surface area contributed by atoms with Crippen LogP contribution in [0.2, 0.25) is 0 Å². The Morgan fingerprint density at radius 2 is 1.52 bits per heavy atom. The van der Waals surface area contributed by atoms with Crippen molar-refractivity contribution < 1.29 is 14.6 Å². The summed E-state index contributed by atoms with van der Waals surface area (Å²) in [4.78, 5) is 11.4. The molecular formula is C20H28O3. The van der Waals surface area contributed by atoms with Crippen LogP contribution in [0.4, 0.5) is 0 Å². The van der Waals surface area contributed by atoms with E-state index >= 15 is 0 Å². The van der Waals surface area contributed by atoms with Crippen molar-refractivity contribution in [2.75, 3.05) is 7.11 Å². The Bertz CT molecular complexity index is 523. The number of hydrogen-bond acceptors (Lipinski definition) is 2. The van der Waals surface area contributed by atoms with E-state index < -0.39 is 5.97 Å². The van der Waals surface area contributed by atoms with Crippen molar-refractivity contribution >= 4 is 5.97 Å². The molecule has 126 valence electrons. The normalized spacial score (nSPS) is 31.7. The van der Waals surface area contributed by atoms with Crippen LogP contribution in [0.15, 0.2) is 24.3 Å². The van der Waals surface area contributed by atoms with E-state index in [4.69, 9.17) is 4.74 Å². The monoisotopic (exact) mass is 316 g/mol. The second-order valence-corrected chi connectivity index (χ2v) is 7.28. The third-order valence-electron chi connectivity index (χ3n) is 6.12. The number of carboxylic acids is 1. The molecule has 1 N–H and O–H groups in total. The number of rotatable bonds is 4. The summed E-state index contributed by atoms with van der Waals surface area (Å²) in [5.74, 6) is 1.33. The molecule has 2 fully saturated rings. The Labute approximate surface area is 139 Å². The highest BCUT2D eigenvalue weighted by Gasteiger charge is 2.32. The van der Waals surface area contributed by atoms with E-state index in [9.17, 15) is 9.90 Å². The van der Waals surface area contributed by atoms with Gasteiger partial charge in [0.05, 0.1) is 11.7 Å². The molecule has 0 saturated heterocycles. The zero-order valence-electron chi connectivity index (χ0n) is 14.0. The number of carboxylic acid groups (broad SMARTS) is 1. The molecule has 3 nitrogen and oxygen atoms in total. The Hall–Kier alpha value is -1.35. The van der Waals surface area contributed by atoms with Gasteiger partial charge in [-0.15, -0.1) is 0 Å². The van der Waals surface area contributed by atoms with Crippen molar-refractivity contribution in [1.29, 1.82) is 0 Å². The summed E-state index contributed by atoms with van der Waals surface area (Å²) in [6.45, 7) is 0. The van der Waals surface area contributed by atoms with E-state index in [1.807, 2.05) is 25.3 Å². The van der Waals surface area contributed by atoms with Gasteiger partial charge in [-0.25, -0.2) is 4.79 Å². The average Bonchev–Trinajstić information content (AvgIpc) is 2.62. The van der Waals surface area contributed by atoms with Gasteiger partial charge in [-0.1, -0.05) is 18.2 Å². The zero-order chi connectivity index (χ0) is 16.2. The molecule has 23 heavy (non-hydrogen) atoms. The maximum Gasteiger partial charge on any atom is 0.335 e. The summed E-state index contributed by atoms with van der Waals surface area (Å²) < 4.78 is 5.48. The van der Waals surface area contributed by atoms with Crippen LogP contribution in [-0.4, -0.2) is 24.3 Å². The van der Waals surface area contributed by atoms with E-state index in [0.29, 0.717) is 17.6 Å². The molecule has 1 aromatic rings. The molecule has 0 spiro atoms. The molecule has 0 bridgehead atoms. The van der Waals surface area contributed by atoms with E-state index in [0.717, 1.165) is 30.2 Å². The van der Waals surface area contributed by atoms with E-state index in [-0.39, 0.29) is 0 Å². The summed E-state index contributed by atoms with van der Waals surface area (Å²) in [5, 5.41) is 9.39. The highest BCUT2D eigenvalue weighted by atomic mass is 16.5. The molecule has 0 atom stereocenters. The first kappa shape index (κ1) is 16.5. The minimum Gasteiger partial charge on any atom is -0.478 e. The third-order valence-corrected chi connectivity index (χ3v) is 6.12. The van der Waals surface area contributed by atoms with Gasteiger partial charge in [0.15, 0.2) is 0 Å². The Kier molecular flexibility index (Phi) is 5.37. The van der Waals surface area contributed by atoms with Crippen LogP contribution in [0, 0.1) is 11.8 Å². The number of hydrogen-bond donors (Lipinski definition) is 1. The van der Waals surface area contributed by atoms with Crippen LogP contribution in [-0.2, 0) is 4.74 Å². The quantitative estimate of drug-likeness (QED) is 0.862. The van der Waals surface area contributed by atoms with Gasteiger partial charge >= 0.3 is 5.97 Å². The molecule has 2 aliphatic rings. The second-order valence-electron chi connectivity index (χ2n) is 7.28. The smallest absolute Gasteiger partial charge is 0.335 e. The fourth-order valence-corrected chi connectivity index (χ4v) is 4.75. The fraction of sp³-hybridized carbons (Fsp3) is 0.650. The SMILES string of the molecule is COC1CCC(C2CCC(c3ccccc3C(=O)O)CC2)CC1. The zero-order valence-corrected chi connectivity index (χ0v) is 14.0. The van der Waals surface area contributed by atoms with Gasteiger partial charge in [-0.3, -0.25) is 0 Å². The van der Waals surface area contributed by atoms with E-state index in [2.05, 4.69) is 0 Å². The molecule has 0 unspecified atom stereocenters. The van der Waals surface area contributed by atoms with Crippen LogP contribution in [0.25, 0.3) is 0 Å². The van der Waals surface area contributed by atoms with Gasteiger partial charge in [0.1, 0.15) is 0 Å². The summed E-state index contributed by atoms with van der Waals surface area (Å²) in [6.07, 6.45) is 10.3. The molecule has 0 aliphatic heterocycles. The predicted octanol–water partition coefficient (Wildman–Crippen LogP) is 4.86. The van der Waals surface area contributed by atoms with Crippen LogP contribution in [0.1, 0.15) is 73.2 Å².